The molecular formula is C12H23F3N2. The van der Waals surface area contributed by atoms with Crippen LogP contribution in [0, 0.1) is 11.8 Å². The molecule has 0 spiro atoms. The van der Waals surface area contributed by atoms with E-state index >= 15 is 0 Å². The summed E-state index contributed by atoms with van der Waals surface area (Å²) < 4.78 is 36.2. The van der Waals surface area contributed by atoms with E-state index in [0.717, 1.165) is 25.2 Å². The number of hydrogen-bond donors (Lipinski definition) is 2. The van der Waals surface area contributed by atoms with E-state index in [1.807, 2.05) is 0 Å². The quantitative estimate of drug-likeness (QED) is 0.562. The first kappa shape index (κ1) is 14.8. The van der Waals surface area contributed by atoms with Gasteiger partial charge in [-0.3, -0.25) is 11.3 Å². The topological polar surface area (TPSA) is 38.0 Å². The normalized spacial score (nSPS) is 27.4. The molecule has 0 radical (unpaired) electrons. The molecule has 0 heterocycles. The first-order chi connectivity index (χ1) is 7.96. The molecule has 102 valence electrons. The Labute approximate surface area is 101 Å². The zero-order valence-corrected chi connectivity index (χ0v) is 10.4. The molecule has 3 unspecified atom stereocenters. The van der Waals surface area contributed by atoms with Crippen LogP contribution in [-0.2, 0) is 0 Å². The Hall–Kier alpha value is -0.290. The van der Waals surface area contributed by atoms with E-state index in [2.05, 4.69) is 12.3 Å². The minimum atomic E-state index is -4.04. The molecular weight excluding hydrogens is 229 g/mol. The lowest BCUT2D eigenvalue weighted by atomic mass is 9.92. The van der Waals surface area contributed by atoms with E-state index in [-0.39, 0.29) is 12.5 Å². The fourth-order valence-electron chi connectivity index (χ4n) is 2.83. The standard InChI is InChI=1S/C12H23F3N2/c1-2-9-5-6-10(8-9)11(17-16)4-3-7-12(13,14)15/h9-11,17H,2-8,16H2,1H3. The largest absolute Gasteiger partial charge is 0.389 e. The third kappa shape index (κ3) is 5.25. The van der Waals surface area contributed by atoms with Crippen LogP contribution < -0.4 is 11.3 Å². The van der Waals surface area contributed by atoms with Crippen molar-refractivity contribution in [2.24, 2.45) is 17.7 Å². The van der Waals surface area contributed by atoms with Gasteiger partial charge in [-0.2, -0.15) is 13.2 Å². The Kier molecular flexibility index (Phi) is 5.73. The molecule has 0 aromatic heterocycles. The van der Waals surface area contributed by atoms with Crippen molar-refractivity contribution in [2.75, 3.05) is 0 Å². The maximum atomic E-state index is 12.1. The van der Waals surface area contributed by atoms with Crippen molar-refractivity contribution in [3.8, 4) is 0 Å². The zero-order valence-electron chi connectivity index (χ0n) is 10.4. The summed E-state index contributed by atoms with van der Waals surface area (Å²) in [5, 5.41) is 0. The van der Waals surface area contributed by atoms with Crippen LogP contribution in [0.25, 0.3) is 0 Å². The minimum Gasteiger partial charge on any atom is -0.271 e. The maximum Gasteiger partial charge on any atom is 0.389 e. The van der Waals surface area contributed by atoms with E-state index in [1.165, 1.54) is 6.42 Å². The van der Waals surface area contributed by atoms with Gasteiger partial charge >= 0.3 is 6.18 Å². The lowest BCUT2D eigenvalue weighted by molar-refractivity contribution is -0.136. The minimum absolute atomic E-state index is 0.0499. The van der Waals surface area contributed by atoms with E-state index in [0.29, 0.717) is 12.3 Å². The van der Waals surface area contributed by atoms with Gasteiger partial charge < -0.3 is 0 Å². The maximum absolute atomic E-state index is 12.1. The molecule has 1 aliphatic rings. The van der Waals surface area contributed by atoms with Gasteiger partial charge in [0.15, 0.2) is 0 Å². The lowest BCUT2D eigenvalue weighted by Gasteiger charge is -2.23. The average molecular weight is 252 g/mol. The van der Waals surface area contributed by atoms with Gasteiger partial charge in [-0.15, -0.1) is 0 Å². The van der Waals surface area contributed by atoms with Crippen LogP contribution in [0.5, 0.6) is 0 Å². The number of hydrazine groups is 1. The van der Waals surface area contributed by atoms with E-state index < -0.39 is 12.6 Å². The molecule has 1 fully saturated rings. The second kappa shape index (κ2) is 6.59. The van der Waals surface area contributed by atoms with Crippen LogP contribution in [0.15, 0.2) is 0 Å². The number of alkyl halides is 3. The van der Waals surface area contributed by atoms with Crippen molar-refractivity contribution in [3.63, 3.8) is 0 Å². The summed E-state index contributed by atoms with van der Waals surface area (Å²) in [5.74, 6) is 6.65. The highest BCUT2D eigenvalue weighted by molar-refractivity contribution is 4.83. The first-order valence-electron chi connectivity index (χ1n) is 6.49. The van der Waals surface area contributed by atoms with Gasteiger partial charge in [-0.05, 0) is 37.5 Å². The molecule has 0 aromatic carbocycles. The Morgan fingerprint density at radius 1 is 1.35 bits per heavy atom. The molecule has 0 aliphatic heterocycles. The van der Waals surface area contributed by atoms with Gasteiger partial charge in [0.2, 0.25) is 0 Å². The monoisotopic (exact) mass is 252 g/mol. The third-order valence-electron chi connectivity index (χ3n) is 3.92. The predicted molar refractivity (Wildman–Crippen MR) is 62.1 cm³/mol. The highest BCUT2D eigenvalue weighted by atomic mass is 19.4. The molecule has 17 heavy (non-hydrogen) atoms. The zero-order chi connectivity index (χ0) is 12.9. The Morgan fingerprint density at radius 3 is 2.53 bits per heavy atom. The number of nitrogens with one attached hydrogen (secondary N) is 1. The molecule has 1 rings (SSSR count). The van der Waals surface area contributed by atoms with Crippen LogP contribution in [-0.4, -0.2) is 12.2 Å². The summed E-state index contributed by atoms with van der Waals surface area (Å²) in [5.41, 5.74) is 2.71. The predicted octanol–water partition coefficient (Wildman–Crippen LogP) is 3.38. The van der Waals surface area contributed by atoms with E-state index in [4.69, 9.17) is 5.84 Å². The number of halogens is 3. The summed E-state index contributed by atoms with van der Waals surface area (Å²) in [4.78, 5) is 0. The molecule has 1 saturated carbocycles. The van der Waals surface area contributed by atoms with Crippen LogP contribution in [0.3, 0.4) is 0 Å². The summed E-state index contributed by atoms with van der Waals surface area (Å²) >= 11 is 0. The van der Waals surface area contributed by atoms with Gasteiger partial charge in [-0.1, -0.05) is 19.8 Å². The summed E-state index contributed by atoms with van der Waals surface area (Å²) in [7, 11) is 0. The van der Waals surface area contributed by atoms with E-state index in [1.54, 1.807) is 0 Å². The van der Waals surface area contributed by atoms with Gasteiger partial charge in [0.05, 0.1) is 0 Å². The van der Waals surface area contributed by atoms with Crippen LogP contribution in [0.1, 0.15) is 51.9 Å². The summed E-state index contributed by atoms with van der Waals surface area (Å²) in [6, 6.07) is 0.0499. The molecule has 0 bridgehead atoms. The number of rotatable bonds is 6. The lowest BCUT2D eigenvalue weighted by Crippen LogP contribution is -2.40. The Balaban J connectivity index is 2.29. The smallest absolute Gasteiger partial charge is 0.271 e. The second-order valence-corrected chi connectivity index (χ2v) is 5.13. The number of hydrogen-bond acceptors (Lipinski definition) is 2. The van der Waals surface area contributed by atoms with Crippen LogP contribution in [0.2, 0.25) is 0 Å². The summed E-state index contributed by atoms with van der Waals surface area (Å²) in [6.07, 6.45) is 0.518. The molecule has 0 aromatic rings. The average Bonchev–Trinajstić information content (AvgIpc) is 2.71. The highest BCUT2D eigenvalue weighted by Crippen LogP contribution is 2.36. The van der Waals surface area contributed by atoms with Gasteiger partial charge in [0.25, 0.3) is 0 Å². The van der Waals surface area contributed by atoms with Gasteiger partial charge in [0, 0.05) is 12.5 Å². The first-order valence-corrected chi connectivity index (χ1v) is 6.49. The SMILES string of the molecule is CCC1CCC(C(CCCC(F)(F)F)NN)C1. The van der Waals surface area contributed by atoms with Crippen LogP contribution >= 0.6 is 0 Å². The second-order valence-electron chi connectivity index (χ2n) is 5.13. The molecule has 0 amide bonds. The Bertz CT molecular complexity index is 218. The van der Waals surface area contributed by atoms with Crippen molar-refractivity contribution < 1.29 is 13.2 Å². The van der Waals surface area contributed by atoms with Crippen LogP contribution in [0.4, 0.5) is 13.2 Å². The third-order valence-corrected chi connectivity index (χ3v) is 3.92. The fourth-order valence-corrected chi connectivity index (χ4v) is 2.83. The van der Waals surface area contributed by atoms with Crippen molar-refractivity contribution in [1.82, 2.24) is 5.43 Å². The van der Waals surface area contributed by atoms with Gasteiger partial charge in [0.1, 0.15) is 0 Å². The van der Waals surface area contributed by atoms with Crippen molar-refractivity contribution in [3.05, 3.63) is 0 Å². The van der Waals surface area contributed by atoms with Crippen molar-refractivity contribution in [1.29, 1.82) is 0 Å². The number of nitrogens with two attached hydrogens (primary N) is 1. The van der Waals surface area contributed by atoms with Gasteiger partial charge in [-0.25, -0.2) is 0 Å². The fraction of sp³-hybridized carbons (Fsp3) is 1.00. The van der Waals surface area contributed by atoms with Crippen molar-refractivity contribution >= 4 is 0 Å². The van der Waals surface area contributed by atoms with Crippen molar-refractivity contribution in [2.45, 2.75) is 64.1 Å². The molecule has 2 nitrogen and oxygen atoms in total. The highest BCUT2D eigenvalue weighted by Gasteiger charge is 2.31. The molecule has 5 heteroatoms. The molecule has 1 aliphatic carbocycles. The molecule has 0 saturated heterocycles. The van der Waals surface area contributed by atoms with E-state index in [9.17, 15) is 13.2 Å². The molecule has 3 N–H and O–H groups in total. The summed E-state index contributed by atoms with van der Waals surface area (Å²) in [6.45, 7) is 2.17. The molecule has 3 atom stereocenters. The Morgan fingerprint density at radius 2 is 2.06 bits per heavy atom.